The summed E-state index contributed by atoms with van der Waals surface area (Å²) in [5.74, 6) is 0. The molecule has 0 aliphatic heterocycles. The van der Waals surface area contributed by atoms with Gasteiger partial charge in [-0.25, -0.2) is 4.98 Å². The van der Waals surface area contributed by atoms with Gasteiger partial charge in [0.05, 0.1) is 19.4 Å². The van der Waals surface area contributed by atoms with Crippen molar-refractivity contribution in [2.24, 2.45) is 0 Å². The second-order valence-corrected chi connectivity index (χ2v) is 5.32. The van der Waals surface area contributed by atoms with Gasteiger partial charge in [-0.2, -0.15) is 5.26 Å². The maximum absolute atomic E-state index is 12.2. The minimum atomic E-state index is -3.11. The highest BCUT2D eigenvalue weighted by molar-refractivity contribution is 7.53. The molecule has 1 aromatic rings. The molecule has 5 nitrogen and oxygen atoms in total. The lowest BCUT2D eigenvalue weighted by Crippen LogP contribution is -1.99. The highest BCUT2D eigenvalue weighted by Crippen LogP contribution is 2.51. The third-order valence-corrected chi connectivity index (χ3v) is 4.02. The van der Waals surface area contributed by atoms with Crippen molar-refractivity contribution in [3.8, 4) is 6.07 Å². The molecule has 0 atom stereocenters. The minimum Gasteiger partial charge on any atom is -0.309 e. The zero-order valence-corrected chi connectivity index (χ0v) is 10.8. The summed E-state index contributed by atoms with van der Waals surface area (Å²) in [6.07, 6.45) is 1.67. The summed E-state index contributed by atoms with van der Waals surface area (Å²) in [7, 11) is -3.11. The molecule has 0 fully saturated rings. The molecule has 0 saturated heterocycles. The van der Waals surface area contributed by atoms with Gasteiger partial charge in [0.15, 0.2) is 0 Å². The molecule has 0 aromatic carbocycles. The van der Waals surface area contributed by atoms with Crippen LogP contribution in [0.4, 0.5) is 0 Å². The van der Waals surface area contributed by atoms with Crippen molar-refractivity contribution in [3.63, 3.8) is 0 Å². The highest BCUT2D eigenvalue weighted by Gasteiger charge is 2.24. The predicted octanol–water partition coefficient (Wildman–Crippen LogP) is 2.72. The van der Waals surface area contributed by atoms with Crippen LogP contribution in [0.1, 0.15) is 25.1 Å². The molecule has 1 heterocycles. The van der Waals surface area contributed by atoms with Gasteiger partial charge in [-0.3, -0.25) is 4.57 Å². The van der Waals surface area contributed by atoms with Crippen molar-refractivity contribution in [3.05, 3.63) is 29.6 Å². The van der Waals surface area contributed by atoms with Gasteiger partial charge in [-0.05, 0) is 31.5 Å². The smallest absolute Gasteiger partial charge is 0.309 e. The van der Waals surface area contributed by atoms with E-state index >= 15 is 0 Å². The van der Waals surface area contributed by atoms with Crippen LogP contribution in [0.15, 0.2) is 18.3 Å². The normalized spacial score (nSPS) is 11.1. The SMILES string of the molecule is CCOP(=O)(Cc1ccnc([14C]#N)c1)OCC. The van der Waals surface area contributed by atoms with E-state index in [1.807, 2.05) is 6.07 Å². The van der Waals surface area contributed by atoms with Crippen LogP contribution in [0.25, 0.3) is 0 Å². The Balaban J connectivity index is 2.86. The molecule has 0 aliphatic rings. The quantitative estimate of drug-likeness (QED) is 0.731. The first-order valence-electron chi connectivity index (χ1n) is 5.36. The molecule has 6 heteroatoms. The van der Waals surface area contributed by atoms with E-state index in [9.17, 15) is 4.57 Å². The number of aromatic nitrogens is 1. The standard InChI is InChI=1S/C11H15N2O3P/c1-3-15-17(14,16-4-2)9-10-5-6-13-11(7-10)8-12/h5-7H,3-4,9H2,1-2H3/i8+2. The molecule has 17 heavy (non-hydrogen) atoms. The average Bonchev–Trinajstić information content (AvgIpc) is 2.29. The van der Waals surface area contributed by atoms with Crippen molar-refractivity contribution in [2.75, 3.05) is 13.2 Å². The van der Waals surface area contributed by atoms with E-state index in [2.05, 4.69) is 4.98 Å². The molecule has 0 aliphatic carbocycles. The van der Waals surface area contributed by atoms with Gasteiger partial charge < -0.3 is 9.05 Å². The lowest BCUT2D eigenvalue weighted by molar-refractivity contribution is 0.219. The number of hydrogen-bond donors (Lipinski definition) is 0. The van der Waals surface area contributed by atoms with Gasteiger partial charge >= 0.3 is 7.60 Å². The van der Waals surface area contributed by atoms with Gasteiger partial charge in [-0.1, -0.05) is 0 Å². The fraction of sp³-hybridized carbons (Fsp3) is 0.455. The molecule has 0 N–H and O–H groups in total. The van der Waals surface area contributed by atoms with Crippen LogP contribution >= 0.6 is 7.60 Å². The molecule has 1 rings (SSSR count). The van der Waals surface area contributed by atoms with E-state index < -0.39 is 7.60 Å². The topological polar surface area (TPSA) is 72.2 Å². The maximum Gasteiger partial charge on any atom is 0.335 e. The van der Waals surface area contributed by atoms with E-state index in [0.717, 1.165) is 5.56 Å². The monoisotopic (exact) mass is 256 g/mol. The van der Waals surface area contributed by atoms with Crippen LogP contribution in [0, 0.1) is 11.3 Å². The predicted molar refractivity (Wildman–Crippen MR) is 63.5 cm³/mol. The third-order valence-electron chi connectivity index (χ3n) is 1.97. The lowest BCUT2D eigenvalue weighted by atomic mass is 10.3. The summed E-state index contributed by atoms with van der Waals surface area (Å²) >= 11 is 0. The van der Waals surface area contributed by atoms with Crippen LogP contribution in [0.2, 0.25) is 0 Å². The van der Waals surface area contributed by atoms with E-state index in [-0.39, 0.29) is 6.16 Å². The van der Waals surface area contributed by atoms with Crippen LogP contribution < -0.4 is 0 Å². The van der Waals surface area contributed by atoms with Crippen molar-refractivity contribution in [1.29, 1.82) is 5.26 Å². The largest absolute Gasteiger partial charge is 0.335 e. The molecule has 0 spiro atoms. The van der Waals surface area contributed by atoms with Crippen LogP contribution in [-0.2, 0) is 19.8 Å². The number of rotatable bonds is 6. The van der Waals surface area contributed by atoms with Crippen molar-refractivity contribution >= 4 is 7.60 Å². The highest BCUT2D eigenvalue weighted by atomic mass is 31.2. The summed E-state index contributed by atoms with van der Waals surface area (Å²) in [5, 5.41) is 8.72. The summed E-state index contributed by atoms with van der Waals surface area (Å²) in [4.78, 5) is 3.85. The fourth-order valence-corrected chi connectivity index (χ4v) is 3.07. The Hall–Kier alpha value is -1.21. The summed E-state index contributed by atoms with van der Waals surface area (Å²) in [6, 6.07) is 5.22. The molecule has 1 aromatic heterocycles. The molecule has 0 bridgehead atoms. The van der Waals surface area contributed by atoms with Crippen molar-refractivity contribution < 1.29 is 13.6 Å². The summed E-state index contributed by atoms with van der Waals surface area (Å²) < 4.78 is 22.6. The Kier molecular flexibility index (Phi) is 5.30. The fourth-order valence-electron chi connectivity index (χ4n) is 1.38. The van der Waals surface area contributed by atoms with Gasteiger partial charge in [0.25, 0.3) is 0 Å². The first-order chi connectivity index (χ1) is 8.13. The number of nitrogens with zero attached hydrogens (tertiary/aromatic N) is 2. The Morgan fingerprint density at radius 1 is 1.41 bits per heavy atom. The molecular formula is C11H15N2O3P. The second kappa shape index (κ2) is 6.51. The van der Waals surface area contributed by atoms with Crippen molar-refractivity contribution in [2.45, 2.75) is 20.0 Å². The van der Waals surface area contributed by atoms with Gasteiger partial charge in [0.2, 0.25) is 0 Å². The molecule has 0 amide bonds. The average molecular weight is 256 g/mol. The van der Waals surface area contributed by atoms with E-state index in [1.54, 1.807) is 26.0 Å². The minimum absolute atomic E-state index is 0.159. The Morgan fingerprint density at radius 3 is 2.59 bits per heavy atom. The number of hydrogen-bond acceptors (Lipinski definition) is 5. The summed E-state index contributed by atoms with van der Waals surface area (Å²) in [6.45, 7) is 4.18. The van der Waals surface area contributed by atoms with Gasteiger partial charge in [-0.15, -0.1) is 0 Å². The zero-order chi connectivity index (χ0) is 12.7. The number of pyridine rings is 1. The Bertz CT molecular complexity index is 446. The van der Waals surface area contributed by atoms with Crippen LogP contribution in [0.5, 0.6) is 0 Å². The van der Waals surface area contributed by atoms with Gasteiger partial charge in [0.1, 0.15) is 11.8 Å². The Morgan fingerprint density at radius 2 is 2.06 bits per heavy atom. The molecular weight excluding hydrogens is 241 g/mol. The zero-order valence-electron chi connectivity index (χ0n) is 9.92. The second-order valence-electron chi connectivity index (χ2n) is 3.27. The van der Waals surface area contributed by atoms with Gasteiger partial charge in [0, 0.05) is 6.20 Å². The summed E-state index contributed by atoms with van der Waals surface area (Å²) in [5.41, 5.74) is 1.02. The first kappa shape index (κ1) is 13.9. The lowest BCUT2D eigenvalue weighted by Gasteiger charge is -2.16. The molecule has 0 saturated carbocycles. The van der Waals surface area contributed by atoms with E-state index in [1.165, 1.54) is 6.20 Å². The first-order valence-corrected chi connectivity index (χ1v) is 7.09. The van der Waals surface area contributed by atoms with Crippen molar-refractivity contribution in [1.82, 2.24) is 4.98 Å². The van der Waals surface area contributed by atoms with E-state index in [4.69, 9.17) is 14.3 Å². The van der Waals surface area contributed by atoms with E-state index in [0.29, 0.717) is 18.9 Å². The third kappa shape index (κ3) is 4.27. The Labute approximate surface area is 101 Å². The maximum atomic E-state index is 12.2. The molecule has 92 valence electrons. The number of nitriles is 1. The molecule has 0 radical (unpaired) electrons. The van der Waals surface area contributed by atoms with Crippen LogP contribution in [0.3, 0.4) is 0 Å². The molecule has 0 unspecified atom stereocenters. The van der Waals surface area contributed by atoms with Crippen LogP contribution in [-0.4, -0.2) is 18.2 Å².